The number of hydrogen-bond donors (Lipinski definition) is 0. The largest absolute Gasteiger partial charge is 0.257 e. The van der Waals surface area contributed by atoms with Gasteiger partial charge in [-0.2, -0.15) is 0 Å². The zero-order chi connectivity index (χ0) is 13.1. The van der Waals surface area contributed by atoms with E-state index in [1.807, 2.05) is 24.3 Å². The molecule has 0 atom stereocenters. The standard InChI is InChI=1S/C13H17ClO2S/c1-10(2)8-12-4-6-13(7-5-12)9-11(3)17(14,15)16/h4-7,9-10H,8H2,1-3H3/b11-9+. The van der Waals surface area contributed by atoms with E-state index >= 15 is 0 Å². The van der Waals surface area contributed by atoms with Crippen LogP contribution in [0.15, 0.2) is 29.2 Å². The smallest absolute Gasteiger partial charge is 0.207 e. The van der Waals surface area contributed by atoms with E-state index < -0.39 is 9.05 Å². The summed E-state index contributed by atoms with van der Waals surface area (Å²) in [5.41, 5.74) is 2.10. The van der Waals surface area contributed by atoms with Gasteiger partial charge in [0.25, 0.3) is 9.05 Å². The molecule has 0 N–H and O–H groups in total. The highest BCUT2D eigenvalue weighted by Crippen LogP contribution is 2.17. The fourth-order valence-corrected chi connectivity index (χ4v) is 1.94. The zero-order valence-corrected chi connectivity index (χ0v) is 11.8. The van der Waals surface area contributed by atoms with E-state index in [2.05, 4.69) is 13.8 Å². The summed E-state index contributed by atoms with van der Waals surface area (Å²) < 4.78 is 22.1. The summed E-state index contributed by atoms with van der Waals surface area (Å²) in [7, 11) is 1.64. The molecular weight excluding hydrogens is 256 g/mol. The van der Waals surface area contributed by atoms with Gasteiger partial charge in [0.05, 0.1) is 4.91 Å². The van der Waals surface area contributed by atoms with Crippen molar-refractivity contribution in [3.8, 4) is 0 Å². The predicted octanol–water partition coefficient (Wildman–Crippen LogP) is 3.81. The summed E-state index contributed by atoms with van der Waals surface area (Å²) in [4.78, 5) is 0.163. The van der Waals surface area contributed by atoms with Crippen molar-refractivity contribution in [2.75, 3.05) is 0 Å². The molecule has 0 aliphatic carbocycles. The van der Waals surface area contributed by atoms with Crippen LogP contribution in [0.4, 0.5) is 0 Å². The van der Waals surface area contributed by atoms with Crippen LogP contribution in [0.25, 0.3) is 6.08 Å². The van der Waals surface area contributed by atoms with Crippen LogP contribution in [0, 0.1) is 5.92 Å². The van der Waals surface area contributed by atoms with Gasteiger partial charge in [0.2, 0.25) is 0 Å². The minimum Gasteiger partial charge on any atom is -0.207 e. The summed E-state index contributed by atoms with van der Waals surface area (Å²) in [6, 6.07) is 7.84. The molecule has 0 amide bonds. The minimum absolute atomic E-state index is 0.163. The Bertz CT molecular complexity index is 499. The van der Waals surface area contributed by atoms with E-state index in [1.54, 1.807) is 6.08 Å². The van der Waals surface area contributed by atoms with Crippen LogP contribution in [-0.4, -0.2) is 8.42 Å². The number of hydrogen-bond acceptors (Lipinski definition) is 2. The topological polar surface area (TPSA) is 34.1 Å². The van der Waals surface area contributed by atoms with Crippen LogP contribution in [0.1, 0.15) is 31.9 Å². The van der Waals surface area contributed by atoms with Gasteiger partial charge in [-0.15, -0.1) is 0 Å². The lowest BCUT2D eigenvalue weighted by molar-refractivity contribution is 0.615. The lowest BCUT2D eigenvalue weighted by Gasteiger charge is -2.05. The van der Waals surface area contributed by atoms with E-state index in [4.69, 9.17) is 10.7 Å². The molecule has 0 radical (unpaired) electrons. The van der Waals surface area contributed by atoms with Crippen molar-refractivity contribution in [3.63, 3.8) is 0 Å². The van der Waals surface area contributed by atoms with E-state index in [1.165, 1.54) is 12.5 Å². The normalized spacial score (nSPS) is 13.1. The molecule has 0 spiro atoms. The molecule has 1 rings (SSSR count). The molecule has 94 valence electrons. The molecule has 1 aromatic rings. The molecular formula is C13H17ClO2S. The molecule has 0 heterocycles. The summed E-state index contributed by atoms with van der Waals surface area (Å²) >= 11 is 0. The second-order valence-electron chi connectivity index (χ2n) is 4.53. The highest BCUT2D eigenvalue weighted by atomic mass is 35.7. The van der Waals surface area contributed by atoms with Gasteiger partial charge >= 0.3 is 0 Å². The molecule has 0 aliphatic rings. The van der Waals surface area contributed by atoms with E-state index in [9.17, 15) is 8.42 Å². The lowest BCUT2D eigenvalue weighted by Crippen LogP contribution is -1.94. The van der Waals surface area contributed by atoms with E-state index in [-0.39, 0.29) is 4.91 Å². The monoisotopic (exact) mass is 272 g/mol. The van der Waals surface area contributed by atoms with Crippen LogP contribution < -0.4 is 0 Å². The molecule has 2 nitrogen and oxygen atoms in total. The highest BCUT2D eigenvalue weighted by molar-refractivity contribution is 8.16. The first kappa shape index (κ1) is 14.3. The van der Waals surface area contributed by atoms with Crippen molar-refractivity contribution in [2.45, 2.75) is 27.2 Å². The number of benzene rings is 1. The summed E-state index contributed by atoms with van der Waals surface area (Å²) in [6.45, 7) is 5.82. The quantitative estimate of drug-likeness (QED) is 0.781. The Kier molecular flexibility index (Phi) is 4.78. The Morgan fingerprint density at radius 1 is 1.29 bits per heavy atom. The Hall–Kier alpha value is -0.800. The van der Waals surface area contributed by atoms with Crippen molar-refractivity contribution in [2.24, 2.45) is 5.92 Å². The molecule has 17 heavy (non-hydrogen) atoms. The molecule has 0 unspecified atom stereocenters. The molecule has 4 heteroatoms. The Morgan fingerprint density at radius 3 is 2.24 bits per heavy atom. The zero-order valence-electron chi connectivity index (χ0n) is 10.3. The van der Waals surface area contributed by atoms with Crippen molar-refractivity contribution in [3.05, 3.63) is 40.3 Å². The van der Waals surface area contributed by atoms with Gasteiger partial charge < -0.3 is 0 Å². The predicted molar refractivity (Wildman–Crippen MR) is 73.4 cm³/mol. The Labute approximate surface area is 108 Å². The van der Waals surface area contributed by atoms with Gasteiger partial charge in [-0.3, -0.25) is 0 Å². The fraction of sp³-hybridized carbons (Fsp3) is 0.385. The first-order chi connectivity index (χ1) is 7.79. The number of rotatable bonds is 4. The van der Waals surface area contributed by atoms with Crippen LogP contribution >= 0.6 is 10.7 Å². The minimum atomic E-state index is -3.60. The summed E-state index contributed by atoms with van der Waals surface area (Å²) in [6.07, 6.45) is 2.60. The van der Waals surface area contributed by atoms with Gasteiger partial charge in [0.15, 0.2) is 0 Å². The van der Waals surface area contributed by atoms with Crippen LogP contribution in [-0.2, 0) is 15.5 Å². The van der Waals surface area contributed by atoms with Crippen molar-refractivity contribution in [1.29, 1.82) is 0 Å². The fourth-order valence-electron chi connectivity index (χ4n) is 1.53. The van der Waals surface area contributed by atoms with E-state index in [0.717, 1.165) is 12.0 Å². The van der Waals surface area contributed by atoms with Crippen molar-refractivity contribution in [1.82, 2.24) is 0 Å². The molecule has 1 aromatic carbocycles. The maximum absolute atomic E-state index is 11.0. The first-order valence-corrected chi connectivity index (χ1v) is 7.82. The Balaban J connectivity index is 2.89. The maximum atomic E-state index is 11.0. The van der Waals surface area contributed by atoms with Crippen molar-refractivity contribution < 1.29 is 8.42 Å². The molecule has 0 aliphatic heterocycles. The second kappa shape index (κ2) is 5.69. The van der Waals surface area contributed by atoms with Crippen molar-refractivity contribution >= 4 is 25.8 Å². The molecule has 0 saturated heterocycles. The molecule has 0 aromatic heterocycles. The lowest BCUT2D eigenvalue weighted by atomic mass is 10.0. The molecule has 0 saturated carbocycles. The summed E-state index contributed by atoms with van der Waals surface area (Å²) in [5, 5.41) is 0. The SMILES string of the molecule is C/C(=C\c1ccc(CC(C)C)cc1)S(=O)(=O)Cl. The van der Waals surface area contributed by atoms with Gasteiger partial charge in [-0.25, -0.2) is 8.42 Å². The van der Waals surface area contributed by atoms with Gasteiger partial charge in [0, 0.05) is 10.7 Å². The molecule has 0 fully saturated rings. The van der Waals surface area contributed by atoms with Crippen LogP contribution in [0.2, 0.25) is 0 Å². The Morgan fingerprint density at radius 2 is 1.82 bits per heavy atom. The third kappa shape index (κ3) is 4.92. The third-order valence-corrected chi connectivity index (χ3v) is 4.00. The number of allylic oxidation sites excluding steroid dienone is 1. The number of halogens is 1. The average molecular weight is 273 g/mol. The second-order valence-corrected chi connectivity index (χ2v) is 7.27. The van der Waals surface area contributed by atoms with Gasteiger partial charge in [-0.05, 0) is 36.5 Å². The third-order valence-electron chi connectivity index (χ3n) is 2.38. The average Bonchev–Trinajstić information content (AvgIpc) is 2.18. The maximum Gasteiger partial charge on any atom is 0.257 e. The van der Waals surface area contributed by atoms with Gasteiger partial charge in [-0.1, -0.05) is 38.1 Å². The van der Waals surface area contributed by atoms with Gasteiger partial charge in [0.1, 0.15) is 0 Å². The van der Waals surface area contributed by atoms with Crippen LogP contribution in [0.3, 0.4) is 0 Å². The molecule has 0 bridgehead atoms. The summed E-state index contributed by atoms with van der Waals surface area (Å²) in [5.74, 6) is 0.612. The highest BCUT2D eigenvalue weighted by Gasteiger charge is 2.07. The van der Waals surface area contributed by atoms with E-state index in [0.29, 0.717) is 5.92 Å². The first-order valence-electron chi connectivity index (χ1n) is 5.51. The van der Waals surface area contributed by atoms with Crippen LogP contribution in [0.5, 0.6) is 0 Å².